The Hall–Kier alpha value is -3.06. The van der Waals surface area contributed by atoms with E-state index >= 15 is 0 Å². The largest absolute Gasteiger partial charge is 0.493 e. The summed E-state index contributed by atoms with van der Waals surface area (Å²) < 4.78 is 12.9. The Labute approximate surface area is 161 Å². The highest BCUT2D eigenvalue weighted by Gasteiger charge is 2.23. The average Bonchev–Trinajstić information content (AvgIpc) is 3.23. The van der Waals surface area contributed by atoms with E-state index in [1.54, 1.807) is 20.3 Å². The molecule has 7 heteroatoms. The maximum absolute atomic E-state index is 13.7. The quantitative estimate of drug-likeness (QED) is 0.536. The molecule has 0 unspecified atom stereocenters. The molecule has 5 rings (SSSR count). The van der Waals surface area contributed by atoms with Gasteiger partial charge >= 0.3 is 0 Å². The van der Waals surface area contributed by atoms with E-state index < -0.39 is 0 Å². The van der Waals surface area contributed by atoms with Crippen molar-refractivity contribution in [3.05, 3.63) is 40.9 Å². The fraction of sp³-hybridized carbons (Fsp3) is 0.333. The van der Waals surface area contributed by atoms with Crippen molar-refractivity contribution in [3.8, 4) is 11.5 Å². The van der Waals surface area contributed by atoms with Crippen LogP contribution >= 0.6 is 0 Å². The van der Waals surface area contributed by atoms with Crippen LogP contribution in [0.1, 0.15) is 18.9 Å². The number of piperidine rings is 1. The van der Waals surface area contributed by atoms with Gasteiger partial charge in [0.2, 0.25) is 0 Å². The number of aromatic amines is 1. The van der Waals surface area contributed by atoms with E-state index in [0.29, 0.717) is 16.9 Å². The van der Waals surface area contributed by atoms with Crippen molar-refractivity contribution in [1.82, 2.24) is 19.9 Å². The minimum atomic E-state index is -0.00847. The number of fused-ring (bicyclic) bond motifs is 5. The maximum Gasteiger partial charge on any atom is 0.259 e. The molecule has 28 heavy (non-hydrogen) atoms. The van der Waals surface area contributed by atoms with Gasteiger partial charge in [-0.2, -0.15) is 0 Å². The number of hydrogen-bond acceptors (Lipinski definition) is 5. The van der Waals surface area contributed by atoms with E-state index in [0.717, 1.165) is 53.3 Å². The molecule has 1 saturated heterocycles. The standard InChI is InChI=1S/C21H22N4O3/c1-27-17-8-14-15(9-18(17)28-2)21(26)25(12-4-3-6-22-10-12)19-13-5-7-23-20(13)24-11-16(14)19/h5,7-9,11-12,22H,3-4,6,10H2,1-2H3,(H,23,24)/t12-/m1/s1. The van der Waals surface area contributed by atoms with Gasteiger partial charge in [0.05, 0.1) is 25.1 Å². The van der Waals surface area contributed by atoms with Crippen LogP contribution in [0.2, 0.25) is 0 Å². The molecule has 1 aromatic carbocycles. The van der Waals surface area contributed by atoms with Crippen LogP contribution in [0.3, 0.4) is 0 Å². The van der Waals surface area contributed by atoms with Crippen molar-refractivity contribution in [2.75, 3.05) is 27.3 Å². The second-order valence-electron chi connectivity index (χ2n) is 7.19. The Kier molecular flexibility index (Phi) is 3.98. The smallest absolute Gasteiger partial charge is 0.259 e. The second-order valence-corrected chi connectivity index (χ2v) is 7.19. The summed E-state index contributed by atoms with van der Waals surface area (Å²) in [6.45, 7) is 1.77. The number of methoxy groups -OCH3 is 2. The lowest BCUT2D eigenvalue weighted by Crippen LogP contribution is -2.36. The number of nitrogens with zero attached hydrogens (tertiary/aromatic N) is 2. The number of H-pyrrole nitrogens is 1. The van der Waals surface area contributed by atoms with Crippen LogP contribution in [0, 0.1) is 0 Å². The molecule has 0 amide bonds. The summed E-state index contributed by atoms with van der Waals surface area (Å²) in [4.78, 5) is 21.4. The molecule has 0 spiro atoms. The average molecular weight is 378 g/mol. The Morgan fingerprint density at radius 1 is 1.11 bits per heavy atom. The molecule has 2 N–H and O–H groups in total. The molecule has 1 aliphatic heterocycles. The van der Waals surface area contributed by atoms with Crippen molar-refractivity contribution in [2.45, 2.75) is 18.9 Å². The molecule has 144 valence electrons. The van der Waals surface area contributed by atoms with Crippen molar-refractivity contribution in [3.63, 3.8) is 0 Å². The fourth-order valence-corrected chi connectivity index (χ4v) is 4.36. The van der Waals surface area contributed by atoms with Gasteiger partial charge in [-0.3, -0.25) is 4.79 Å². The zero-order chi connectivity index (χ0) is 19.3. The lowest BCUT2D eigenvalue weighted by molar-refractivity contribution is 0.355. The van der Waals surface area contributed by atoms with Crippen LogP contribution in [0.4, 0.5) is 0 Å². The van der Waals surface area contributed by atoms with Crippen LogP contribution in [-0.4, -0.2) is 41.8 Å². The summed E-state index contributed by atoms with van der Waals surface area (Å²) in [5.74, 6) is 1.15. The lowest BCUT2D eigenvalue weighted by Gasteiger charge is -2.27. The summed E-state index contributed by atoms with van der Waals surface area (Å²) in [5, 5.41) is 6.77. The van der Waals surface area contributed by atoms with Crippen LogP contribution in [0.25, 0.3) is 32.7 Å². The number of rotatable bonds is 3. The van der Waals surface area contributed by atoms with Gasteiger partial charge in [0, 0.05) is 41.1 Å². The van der Waals surface area contributed by atoms with Gasteiger partial charge < -0.3 is 24.3 Å². The first-order valence-electron chi connectivity index (χ1n) is 9.49. The fourth-order valence-electron chi connectivity index (χ4n) is 4.36. The number of ether oxygens (including phenoxy) is 2. The predicted molar refractivity (Wildman–Crippen MR) is 110 cm³/mol. The first-order valence-corrected chi connectivity index (χ1v) is 9.49. The molecular weight excluding hydrogens is 356 g/mol. The molecule has 3 aromatic heterocycles. The molecule has 1 fully saturated rings. The molecule has 1 atom stereocenters. The van der Waals surface area contributed by atoms with Gasteiger partial charge in [-0.05, 0) is 37.6 Å². The third-order valence-electron chi connectivity index (χ3n) is 5.70. The summed E-state index contributed by atoms with van der Waals surface area (Å²) in [5.41, 5.74) is 1.69. The zero-order valence-corrected chi connectivity index (χ0v) is 15.9. The predicted octanol–water partition coefficient (Wildman–Crippen LogP) is 2.97. The Morgan fingerprint density at radius 3 is 2.61 bits per heavy atom. The highest BCUT2D eigenvalue weighted by Crippen LogP contribution is 2.36. The molecule has 4 heterocycles. The monoisotopic (exact) mass is 378 g/mol. The minimum Gasteiger partial charge on any atom is -0.493 e. The third-order valence-corrected chi connectivity index (χ3v) is 5.70. The molecule has 0 radical (unpaired) electrons. The van der Waals surface area contributed by atoms with Gasteiger partial charge in [-0.25, -0.2) is 4.98 Å². The zero-order valence-electron chi connectivity index (χ0n) is 15.9. The van der Waals surface area contributed by atoms with E-state index in [9.17, 15) is 4.79 Å². The number of pyridine rings is 2. The number of aromatic nitrogens is 3. The maximum atomic E-state index is 13.7. The topological polar surface area (TPSA) is 81.2 Å². The second kappa shape index (κ2) is 6.53. The Morgan fingerprint density at radius 2 is 1.89 bits per heavy atom. The molecule has 1 aliphatic rings. The molecule has 0 bridgehead atoms. The lowest BCUT2D eigenvalue weighted by atomic mass is 10.0. The van der Waals surface area contributed by atoms with E-state index in [2.05, 4.69) is 15.3 Å². The van der Waals surface area contributed by atoms with Gasteiger partial charge in [0.1, 0.15) is 5.65 Å². The molecule has 4 aromatic rings. The summed E-state index contributed by atoms with van der Waals surface area (Å²) in [6.07, 6.45) is 5.72. The number of nitrogens with one attached hydrogen (secondary N) is 2. The first-order chi connectivity index (χ1) is 13.7. The van der Waals surface area contributed by atoms with E-state index in [4.69, 9.17) is 9.47 Å². The highest BCUT2D eigenvalue weighted by molar-refractivity contribution is 6.14. The van der Waals surface area contributed by atoms with Crippen molar-refractivity contribution >= 4 is 32.7 Å². The molecule has 0 saturated carbocycles. The van der Waals surface area contributed by atoms with Crippen LogP contribution in [0.5, 0.6) is 11.5 Å². The van der Waals surface area contributed by atoms with E-state index in [1.165, 1.54) is 0 Å². The van der Waals surface area contributed by atoms with Crippen molar-refractivity contribution in [2.24, 2.45) is 0 Å². The SMILES string of the molecule is COc1cc2c(=O)n([C@@H]3CCCNC3)c3c4cc[nH]c4ncc3c2cc1OC. The van der Waals surface area contributed by atoms with E-state index in [1.807, 2.05) is 29.1 Å². The van der Waals surface area contributed by atoms with Crippen LogP contribution in [0.15, 0.2) is 35.4 Å². The van der Waals surface area contributed by atoms with Gasteiger partial charge in [0.15, 0.2) is 11.5 Å². The first kappa shape index (κ1) is 17.1. The van der Waals surface area contributed by atoms with Gasteiger partial charge in [0.25, 0.3) is 5.56 Å². The van der Waals surface area contributed by atoms with Crippen molar-refractivity contribution in [1.29, 1.82) is 0 Å². The molecule has 7 nitrogen and oxygen atoms in total. The van der Waals surface area contributed by atoms with Gasteiger partial charge in [-0.1, -0.05) is 0 Å². The summed E-state index contributed by atoms with van der Waals surface area (Å²) in [6, 6.07) is 5.75. The third kappa shape index (κ3) is 2.39. The molecule has 0 aliphatic carbocycles. The highest BCUT2D eigenvalue weighted by atomic mass is 16.5. The summed E-state index contributed by atoms with van der Waals surface area (Å²) in [7, 11) is 3.18. The number of benzene rings is 1. The normalized spacial score (nSPS) is 17.4. The van der Waals surface area contributed by atoms with Crippen LogP contribution in [-0.2, 0) is 0 Å². The summed E-state index contributed by atoms with van der Waals surface area (Å²) >= 11 is 0. The Balaban J connectivity index is 1.98. The van der Waals surface area contributed by atoms with E-state index in [-0.39, 0.29) is 11.6 Å². The minimum absolute atomic E-state index is 0.00847. The van der Waals surface area contributed by atoms with Crippen molar-refractivity contribution < 1.29 is 9.47 Å². The van der Waals surface area contributed by atoms with Gasteiger partial charge in [-0.15, -0.1) is 0 Å². The van der Waals surface area contributed by atoms with Crippen LogP contribution < -0.4 is 20.3 Å². The number of hydrogen-bond donors (Lipinski definition) is 2. The molecular formula is C21H22N4O3. The Bertz CT molecular complexity index is 1250.